The van der Waals surface area contributed by atoms with Crippen molar-refractivity contribution in [2.75, 3.05) is 31.1 Å². The van der Waals surface area contributed by atoms with Crippen molar-refractivity contribution >= 4 is 11.7 Å². The van der Waals surface area contributed by atoms with Gasteiger partial charge < -0.3 is 10.2 Å². The molecule has 3 aliphatic rings. The molecule has 1 atom stereocenters. The molecule has 1 amide bonds. The molecule has 2 aromatic rings. The summed E-state index contributed by atoms with van der Waals surface area (Å²) in [5, 5.41) is 3.02. The second-order valence-corrected chi connectivity index (χ2v) is 9.14. The first kappa shape index (κ1) is 20.4. The SMILES string of the molecule is O=C(NCc1ccc2c(c1)CCN(C1CCC1)CC2)c1ccc(N2CCC(F)C2)nc1. The van der Waals surface area contributed by atoms with E-state index in [1.807, 2.05) is 11.0 Å². The van der Waals surface area contributed by atoms with Gasteiger partial charge in [-0.25, -0.2) is 9.37 Å². The molecule has 0 spiro atoms. The first-order chi connectivity index (χ1) is 15.2. The largest absolute Gasteiger partial charge is 0.354 e. The number of carbonyl (C=O) groups is 1. The summed E-state index contributed by atoms with van der Waals surface area (Å²) in [6.45, 7) is 3.88. The lowest BCUT2D eigenvalue weighted by atomic mass is 9.91. The normalized spacial score (nSPS) is 22.0. The number of pyridine rings is 1. The monoisotopic (exact) mass is 422 g/mol. The van der Waals surface area contributed by atoms with Crippen LogP contribution < -0.4 is 10.2 Å². The number of anilines is 1. The van der Waals surface area contributed by atoms with E-state index in [0.29, 0.717) is 31.6 Å². The highest BCUT2D eigenvalue weighted by atomic mass is 19.1. The Balaban J connectivity index is 1.17. The van der Waals surface area contributed by atoms with Crippen LogP contribution in [-0.2, 0) is 19.4 Å². The number of hydrogen-bond donors (Lipinski definition) is 1. The molecule has 1 saturated carbocycles. The highest BCUT2D eigenvalue weighted by Crippen LogP contribution is 2.27. The van der Waals surface area contributed by atoms with Crippen molar-refractivity contribution in [2.45, 2.75) is 57.3 Å². The van der Waals surface area contributed by atoms with E-state index in [1.54, 1.807) is 12.3 Å². The lowest BCUT2D eigenvalue weighted by molar-refractivity contribution is 0.0950. The Morgan fingerprint density at radius 3 is 2.58 bits per heavy atom. The van der Waals surface area contributed by atoms with Gasteiger partial charge in [0.2, 0.25) is 0 Å². The number of carbonyl (C=O) groups excluding carboxylic acids is 1. The fourth-order valence-corrected chi connectivity index (χ4v) is 4.94. The number of alkyl halides is 1. The minimum absolute atomic E-state index is 0.130. The zero-order valence-corrected chi connectivity index (χ0v) is 18.0. The van der Waals surface area contributed by atoms with E-state index < -0.39 is 6.17 Å². The summed E-state index contributed by atoms with van der Waals surface area (Å²) in [5.41, 5.74) is 4.55. The number of halogens is 1. The molecule has 5 rings (SSSR count). The Morgan fingerprint density at radius 2 is 1.90 bits per heavy atom. The van der Waals surface area contributed by atoms with Crippen molar-refractivity contribution in [3.8, 4) is 0 Å². The molecule has 1 aliphatic carbocycles. The predicted octanol–water partition coefficient (Wildman–Crippen LogP) is 3.51. The molecule has 164 valence electrons. The van der Waals surface area contributed by atoms with Gasteiger partial charge in [-0.15, -0.1) is 0 Å². The molecule has 1 aromatic carbocycles. The second kappa shape index (κ2) is 8.95. The van der Waals surface area contributed by atoms with Crippen LogP contribution in [-0.4, -0.2) is 54.2 Å². The third-order valence-corrected chi connectivity index (χ3v) is 7.12. The molecule has 2 fully saturated rings. The van der Waals surface area contributed by atoms with Gasteiger partial charge in [0.15, 0.2) is 0 Å². The molecule has 1 aromatic heterocycles. The summed E-state index contributed by atoms with van der Waals surface area (Å²) in [5.74, 6) is 0.605. The van der Waals surface area contributed by atoms with Crippen LogP contribution in [0.25, 0.3) is 0 Å². The van der Waals surface area contributed by atoms with Crippen molar-refractivity contribution in [1.29, 1.82) is 0 Å². The van der Waals surface area contributed by atoms with Crippen molar-refractivity contribution in [2.24, 2.45) is 0 Å². The summed E-state index contributed by atoms with van der Waals surface area (Å²) in [7, 11) is 0. The predicted molar refractivity (Wildman–Crippen MR) is 120 cm³/mol. The van der Waals surface area contributed by atoms with Gasteiger partial charge >= 0.3 is 0 Å². The van der Waals surface area contributed by atoms with Gasteiger partial charge in [0, 0.05) is 38.4 Å². The third kappa shape index (κ3) is 4.59. The molecule has 0 radical (unpaired) electrons. The van der Waals surface area contributed by atoms with E-state index in [2.05, 4.69) is 33.4 Å². The second-order valence-electron chi connectivity index (χ2n) is 9.14. The quantitative estimate of drug-likeness (QED) is 0.801. The van der Waals surface area contributed by atoms with Crippen molar-refractivity contribution in [3.05, 3.63) is 58.8 Å². The average molecular weight is 423 g/mol. The lowest BCUT2D eigenvalue weighted by Gasteiger charge is -2.36. The van der Waals surface area contributed by atoms with Crippen LogP contribution in [0.2, 0.25) is 0 Å². The van der Waals surface area contributed by atoms with Gasteiger partial charge in [-0.05, 0) is 60.9 Å². The molecule has 2 aliphatic heterocycles. The fraction of sp³-hybridized carbons (Fsp3) is 0.520. The molecule has 1 N–H and O–H groups in total. The molecular formula is C25H31FN4O. The van der Waals surface area contributed by atoms with Crippen LogP contribution in [0.1, 0.15) is 52.7 Å². The minimum Gasteiger partial charge on any atom is -0.354 e. The molecule has 3 heterocycles. The highest BCUT2D eigenvalue weighted by molar-refractivity contribution is 5.94. The average Bonchev–Trinajstić information content (AvgIpc) is 3.09. The number of aromatic nitrogens is 1. The maximum absolute atomic E-state index is 13.4. The number of fused-ring (bicyclic) bond motifs is 1. The number of hydrogen-bond acceptors (Lipinski definition) is 4. The van der Waals surface area contributed by atoms with Crippen LogP contribution >= 0.6 is 0 Å². The molecule has 5 nitrogen and oxygen atoms in total. The number of benzene rings is 1. The van der Waals surface area contributed by atoms with E-state index in [0.717, 1.165) is 36.8 Å². The first-order valence-corrected chi connectivity index (χ1v) is 11.6. The van der Waals surface area contributed by atoms with E-state index in [9.17, 15) is 9.18 Å². The van der Waals surface area contributed by atoms with Crippen LogP contribution in [0, 0.1) is 0 Å². The van der Waals surface area contributed by atoms with Gasteiger partial charge in [-0.2, -0.15) is 0 Å². The maximum atomic E-state index is 13.4. The van der Waals surface area contributed by atoms with E-state index >= 15 is 0 Å². The third-order valence-electron chi connectivity index (χ3n) is 7.12. The minimum atomic E-state index is -0.785. The molecule has 6 heteroatoms. The van der Waals surface area contributed by atoms with Gasteiger partial charge in [-0.3, -0.25) is 9.69 Å². The Morgan fingerprint density at radius 1 is 1.06 bits per heavy atom. The summed E-state index contributed by atoms with van der Waals surface area (Å²) in [6, 6.07) is 11.0. The van der Waals surface area contributed by atoms with Gasteiger partial charge in [0.1, 0.15) is 12.0 Å². The maximum Gasteiger partial charge on any atom is 0.253 e. The van der Waals surface area contributed by atoms with Crippen molar-refractivity contribution in [3.63, 3.8) is 0 Å². The van der Waals surface area contributed by atoms with Crippen LogP contribution in [0.3, 0.4) is 0 Å². The number of nitrogens with one attached hydrogen (secondary N) is 1. The van der Waals surface area contributed by atoms with E-state index in [1.165, 1.54) is 36.9 Å². The summed E-state index contributed by atoms with van der Waals surface area (Å²) >= 11 is 0. The fourth-order valence-electron chi connectivity index (χ4n) is 4.94. The van der Waals surface area contributed by atoms with Crippen LogP contribution in [0.15, 0.2) is 36.5 Å². The standard InChI is InChI=1S/C25H31FN4O/c26-22-10-13-30(17-22)24-7-6-21(16-27-24)25(31)28-15-18-4-5-19-8-11-29(23-2-1-3-23)12-9-20(19)14-18/h4-7,14,16,22-23H,1-3,8-13,15,17H2,(H,28,31). The molecule has 1 saturated heterocycles. The summed E-state index contributed by atoms with van der Waals surface area (Å²) < 4.78 is 13.4. The molecule has 1 unspecified atom stereocenters. The van der Waals surface area contributed by atoms with Crippen LogP contribution in [0.5, 0.6) is 0 Å². The molecular weight excluding hydrogens is 391 g/mol. The highest BCUT2D eigenvalue weighted by Gasteiger charge is 2.26. The summed E-state index contributed by atoms with van der Waals surface area (Å²) in [6.07, 6.45) is 7.66. The van der Waals surface area contributed by atoms with Crippen LogP contribution in [0.4, 0.5) is 10.2 Å². The zero-order valence-electron chi connectivity index (χ0n) is 18.0. The van der Waals surface area contributed by atoms with Crippen molar-refractivity contribution in [1.82, 2.24) is 15.2 Å². The molecule has 0 bridgehead atoms. The smallest absolute Gasteiger partial charge is 0.253 e. The Hall–Kier alpha value is -2.47. The van der Waals surface area contributed by atoms with Crippen molar-refractivity contribution < 1.29 is 9.18 Å². The number of rotatable bonds is 5. The van der Waals surface area contributed by atoms with E-state index in [-0.39, 0.29) is 5.91 Å². The lowest BCUT2D eigenvalue weighted by Crippen LogP contribution is -2.41. The van der Waals surface area contributed by atoms with Gasteiger partial charge in [-0.1, -0.05) is 24.6 Å². The number of amides is 1. The van der Waals surface area contributed by atoms with Gasteiger partial charge in [0.25, 0.3) is 5.91 Å². The first-order valence-electron chi connectivity index (χ1n) is 11.6. The Labute approximate surface area is 183 Å². The summed E-state index contributed by atoms with van der Waals surface area (Å²) in [4.78, 5) is 21.5. The Kier molecular flexibility index (Phi) is 5.90. The van der Waals surface area contributed by atoms with E-state index in [4.69, 9.17) is 0 Å². The molecule has 31 heavy (non-hydrogen) atoms. The Bertz CT molecular complexity index is 928. The van der Waals surface area contributed by atoms with Gasteiger partial charge in [0.05, 0.1) is 12.1 Å². The zero-order chi connectivity index (χ0) is 21.2. The topological polar surface area (TPSA) is 48.5 Å². The number of nitrogens with zero attached hydrogens (tertiary/aromatic N) is 3.